The molecule has 0 aliphatic carbocycles. The van der Waals surface area contributed by atoms with Crippen molar-refractivity contribution in [2.45, 2.75) is 51.4 Å². The molecule has 3 nitrogen and oxygen atoms in total. The van der Waals surface area contributed by atoms with Crippen molar-refractivity contribution in [2.24, 2.45) is 0 Å². The van der Waals surface area contributed by atoms with Crippen LogP contribution >= 0.6 is 0 Å². The van der Waals surface area contributed by atoms with Gasteiger partial charge in [-0.2, -0.15) is 0 Å². The lowest BCUT2D eigenvalue weighted by atomic mass is 9.92. The number of aliphatic carboxylic acids is 1. The van der Waals surface area contributed by atoms with Crippen molar-refractivity contribution in [1.82, 2.24) is 4.98 Å². The van der Waals surface area contributed by atoms with Crippen LogP contribution in [0, 0.1) is 0 Å². The number of hydrogen-bond donors (Lipinski definition) is 2. The van der Waals surface area contributed by atoms with Crippen LogP contribution in [0.5, 0.6) is 0 Å². The third-order valence-corrected chi connectivity index (χ3v) is 3.89. The lowest BCUT2D eigenvalue weighted by Gasteiger charge is -2.11. The van der Waals surface area contributed by atoms with Gasteiger partial charge >= 0.3 is 5.97 Å². The van der Waals surface area contributed by atoms with Crippen LogP contribution < -0.4 is 0 Å². The summed E-state index contributed by atoms with van der Waals surface area (Å²) in [6.07, 6.45) is 8.35. The van der Waals surface area contributed by atoms with Gasteiger partial charge in [-0.25, -0.2) is 0 Å². The molecule has 2 rings (SSSR count). The standard InChI is InChI=1S/C17H23NO2/c1-2-3-4-5-6-10-14(17(19)20)15-12-18-16-11-8-7-9-13(15)16/h7-9,11-12,14,18H,2-6,10H2,1H3,(H,19,20). The second-order valence-electron chi connectivity index (χ2n) is 5.38. The number of unbranched alkanes of at least 4 members (excludes halogenated alkanes) is 4. The number of fused-ring (bicyclic) bond motifs is 1. The summed E-state index contributed by atoms with van der Waals surface area (Å²) < 4.78 is 0. The SMILES string of the molecule is CCCCCCCC(C(=O)O)c1c[nH]c2ccccc12. The minimum Gasteiger partial charge on any atom is -0.481 e. The molecule has 0 saturated heterocycles. The Morgan fingerprint density at radius 3 is 2.70 bits per heavy atom. The molecule has 0 bridgehead atoms. The van der Waals surface area contributed by atoms with E-state index in [2.05, 4.69) is 11.9 Å². The number of aromatic nitrogens is 1. The molecule has 3 heteroatoms. The number of para-hydroxylation sites is 1. The van der Waals surface area contributed by atoms with Gasteiger partial charge in [-0.1, -0.05) is 57.2 Å². The highest BCUT2D eigenvalue weighted by atomic mass is 16.4. The summed E-state index contributed by atoms with van der Waals surface area (Å²) in [5.74, 6) is -1.11. The molecule has 1 aromatic carbocycles. The first-order chi connectivity index (χ1) is 9.74. The summed E-state index contributed by atoms with van der Waals surface area (Å²) in [7, 11) is 0. The Morgan fingerprint density at radius 1 is 1.20 bits per heavy atom. The zero-order valence-corrected chi connectivity index (χ0v) is 12.1. The van der Waals surface area contributed by atoms with Crippen molar-refractivity contribution < 1.29 is 9.90 Å². The molecule has 20 heavy (non-hydrogen) atoms. The van der Waals surface area contributed by atoms with E-state index < -0.39 is 11.9 Å². The number of rotatable bonds is 8. The number of carboxylic acid groups (broad SMARTS) is 1. The summed E-state index contributed by atoms with van der Waals surface area (Å²) >= 11 is 0. The van der Waals surface area contributed by atoms with Gasteiger partial charge < -0.3 is 10.1 Å². The molecule has 1 aromatic heterocycles. The van der Waals surface area contributed by atoms with E-state index in [0.29, 0.717) is 0 Å². The minimum absolute atomic E-state index is 0.396. The van der Waals surface area contributed by atoms with Gasteiger partial charge in [0.1, 0.15) is 0 Å². The molecular formula is C17H23NO2. The van der Waals surface area contributed by atoms with E-state index >= 15 is 0 Å². The smallest absolute Gasteiger partial charge is 0.311 e. The normalized spacial score (nSPS) is 12.7. The van der Waals surface area contributed by atoms with E-state index in [0.717, 1.165) is 35.7 Å². The Bertz CT molecular complexity index is 559. The first kappa shape index (κ1) is 14.6. The highest BCUT2D eigenvalue weighted by molar-refractivity contribution is 5.89. The Balaban J connectivity index is 2.07. The number of aromatic amines is 1. The third kappa shape index (κ3) is 3.41. The fraction of sp³-hybridized carbons (Fsp3) is 0.471. The molecular weight excluding hydrogens is 250 g/mol. The molecule has 108 valence electrons. The minimum atomic E-state index is -0.717. The van der Waals surface area contributed by atoms with Crippen LogP contribution in [-0.2, 0) is 4.79 Å². The number of carbonyl (C=O) groups is 1. The number of carboxylic acids is 1. The summed E-state index contributed by atoms with van der Waals surface area (Å²) in [5, 5.41) is 10.5. The van der Waals surface area contributed by atoms with Crippen molar-refractivity contribution in [3.63, 3.8) is 0 Å². The fourth-order valence-electron chi connectivity index (χ4n) is 2.75. The van der Waals surface area contributed by atoms with E-state index in [4.69, 9.17) is 0 Å². The van der Waals surface area contributed by atoms with Gasteiger partial charge in [0, 0.05) is 17.1 Å². The maximum absolute atomic E-state index is 11.5. The Morgan fingerprint density at radius 2 is 1.95 bits per heavy atom. The number of benzene rings is 1. The van der Waals surface area contributed by atoms with E-state index in [-0.39, 0.29) is 0 Å². The second kappa shape index (κ2) is 7.13. The van der Waals surface area contributed by atoms with Crippen molar-refractivity contribution in [3.8, 4) is 0 Å². The van der Waals surface area contributed by atoms with Crippen LogP contribution in [0.3, 0.4) is 0 Å². The molecule has 1 unspecified atom stereocenters. The van der Waals surface area contributed by atoms with Crippen LogP contribution in [0.2, 0.25) is 0 Å². The van der Waals surface area contributed by atoms with Crippen LogP contribution in [0.4, 0.5) is 0 Å². The number of nitrogens with one attached hydrogen (secondary N) is 1. The molecule has 0 radical (unpaired) electrons. The molecule has 1 atom stereocenters. The Hall–Kier alpha value is -1.77. The first-order valence-electron chi connectivity index (χ1n) is 7.53. The number of hydrogen-bond acceptors (Lipinski definition) is 1. The Kier molecular flexibility index (Phi) is 5.22. The summed E-state index contributed by atoms with van der Waals surface area (Å²) in [6.45, 7) is 2.19. The molecule has 0 aliphatic heterocycles. The summed E-state index contributed by atoms with van der Waals surface area (Å²) in [5.41, 5.74) is 1.93. The largest absolute Gasteiger partial charge is 0.481 e. The maximum atomic E-state index is 11.5. The maximum Gasteiger partial charge on any atom is 0.311 e. The average molecular weight is 273 g/mol. The van der Waals surface area contributed by atoms with E-state index in [9.17, 15) is 9.90 Å². The van der Waals surface area contributed by atoms with E-state index in [1.165, 1.54) is 19.3 Å². The van der Waals surface area contributed by atoms with Gasteiger partial charge in [0.2, 0.25) is 0 Å². The number of H-pyrrole nitrogens is 1. The molecule has 1 heterocycles. The van der Waals surface area contributed by atoms with E-state index in [1.807, 2.05) is 30.5 Å². The highest BCUT2D eigenvalue weighted by Crippen LogP contribution is 2.29. The van der Waals surface area contributed by atoms with Gasteiger partial charge in [0.15, 0.2) is 0 Å². The lowest BCUT2D eigenvalue weighted by Crippen LogP contribution is -2.11. The predicted molar refractivity (Wildman–Crippen MR) is 82.1 cm³/mol. The van der Waals surface area contributed by atoms with Crippen molar-refractivity contribution in [3.05, 3.63) is 36.0 Å². The predicted octanol–water partition coefficient (Wildman–Crippen LogP) is 4.70. The lowest BCUT2D eigenvalue weighted by molar-refractivity contribution is -0.139. The summed E-state index contributed by atoms with van der Waals surface area (Å²) in [6, 6.07) is 7.90. The van der Waals surface area contributed by atoms with Gasteiger partial charge in [0.25, 0.3) is 0 Å². The second-order valence-corrected chi connectivity index (χ2v) is 5.38. The fourth-order valence-corrected chi connectivity index (χ4v) is 2.75. The monoisotopic (exact) mass is 273 g/mol. The van der Waals surface area contributed by atoms with Gasteiger partial charge in [-0.15, -0.1) is 0 Å². The topological polar surface area (TPSA) is 53.1 Å². The third-order valence-electron chi connectivity index (χ3n) is 3.89. The first-order valence-corrected chi connectivity index (χ1v) is 7.53. The van der Waals surface area contributed by atoms with Gasteiger partial charge in [-0.3, -0.25) is 4.79 Å². The quantitative estimate of drug-likeness (QED) is 0.685. The van der Waals surface area contributed by atoms with Crippen molar-refractivity contribution in [2.75, 3.05) is 0 Å². The molecule has 2 aromatic rings. The van der Waals surface area contributed by atoms with E-state index in [1.54, 1.807) is 0 Å². The highest BCUT2D eigenvalue weighted by Gasteiger charge is 2.22. The zero-order valence-electron chi connectivity index (χ0n) is 12.1. The Labute approximate surface area is 120 Å². The van der Waals surface area contributed by atoms with Crippen LogP contribution in [0.15, 0.2) is 30.5 Å². The molecule has 0 fully saturated rings. The van der Waals surface area contributed by atoms with Gasteiger partial charge in [-0.05, 0) is 18.1 Å². The van der Waals surface area contributed by atoms with Gasteiger partial charge in [0.05, 0.1) is 5.92 Å². The molecule has 0 saturated carbocycles. The van der Waals surface area contributed by atoms with Crippen LogP contribution in [0.25, 0.3) is 10.9 Å². The van der Waals surface area contributed by atoms with Crippen LogP contribution in [-0.4, -0.2) is 16.1 Å². The zero-order chi connectivity index (χ0) is 14.4. The molecule has 0 aliphatic rings. The van der Waals surface area contributed by atoms with Crippen LogP contribution in [0.1, 0.15) is 56.9 Å². The average Bonchev–Trinajstić information content (AvgIpc) is 2.86. The molecule has 2 N–H and O–H groups in total. The summed E-state index contributed by atoms with van der Waals surface area (Å²) in [4.78, 5) is 14.7. The van der Waals surface area contributed by atoms with Crippen molar-refractivity contribution >= 4 is 16.9 Å². The molecule has 0 spiro atoms. The molecule has 0 amide bonds. The van der Waals surface area contributed by atoms with Crippen molar-refractivity contribution in [1.29, 1.82) is 0 Å².